The van der Waals surface area contributed by atoms with Crippen LogP contribution < -0.4 is 0 Å². The van der Waals surface area contributed by atoms with Crippen molar-refractivity contribution in [3.8, 4) is 0 Å². The summed E-state index contributed by atoms with van der Waals surface area (Å²) in [6.07, 6.45) is -0.336. The Labute approximate surface area is 87.0 Å². The Morgan fingerprint density at radius 3 is 1.62 bits per heavy atom. The van der Waals surface area contributed by atoms with E-state index in [1.54, 1.807) is 0 Å². The topological polar surface area (TPSA) is 36.9 Å². The van der Waals surface area contributed by atoms with Gasteiger partial charge in [0.25, 0.3) is 0 Å². The molecule has 2 atom stereocenters. The predicted octanol–water partition coefficient (Wildman–Crippen LogP) is 1.32. The van der Waals surface area contributed by atoms with Gasteiger partial charge in [-0.05, 0) is 0 Å². The van der Waals surface area contributed by atoms with Gasteiger partial charge in [0.2, 0.25) is 0 Å². The fraction of sp³-hybridized carbons (Fsp3) is 1.00. The van der Waals surface area contributed by atoms with E-state index in [1.165, 1.54) is 0 Å². The SMILES string of the molecule is CCOC(C)[O][Ge][O]C(C)OCC. The van der Waals surface area contributed by atoms with Crippen LogP contribution in [0.1, 0.15) is 27.7 Å². The molecule has 0 fully saturated rings. The average Bonchev–Trinajstić information content (AvgIpc) is 2.05. The van der Waals surface area contributed by atoms with Crippen molar-refractivity contribution in [3.63, 3.8) is 0 Å². The molecule has 0 bridgehead atoms. The minimum absolute atomic E-state index is 0.168. The summed E-state index contributed by atoms with van der Waals surface area (Å²) in [7, 11) is 0. The van der Waals surface area contributed by atoms with Gasteiger partial charge < -0.3 is 0 Å². The van der Waals surface area contributed by atoms with Crippen LogP contribution in [0, 0.1) is 0 Å². The molecular weight excluding hydrogens is 233 g/mol. The number of hydrogen-bond acceptors (Lipinski definition) is 4. The molecule has 0 aromatic rings. The number of ether oxygens (including phenoxy) is 2. The third-order valence-electron chi connectivity index (χ3n) is 1.23. The summed E-state index contributed by atoms with van der Waals surface area (Å²) >= 11 is -0.857. The molecule has 2 radical (unpaired) electrons. The van der Waals surface area contributed by atoms with Gasteiger partial charge in [0, 0.05) is 0 Å². The Hall–Kier alpha value is 0.383. The monoisotopic (exact) mass is 252 g/mol. The zero-order chi connectivity index (χ0) is 10.1. The molecule has 0 N–H and O–H groups in total. The van der Waals surface area contributed by atoms with Gasteiger partial charge in [0.1, 0.15) is 0 Å². The molecule has 0 aliphatic carbocycles. The quantitative estimate of drug-likeness (QED) is 0.481. The van der Waals surface area contributed by atoms with Crippen LogP contribution in [0.4, 0.5) is 0 Å². The van der Waals surface area contributed by atoms with Gasteiger partial charge >= 0.3 is 86.6 Å². The molecule has 0 aromatic heterocycles. The normalized spacial score (nSPS) is 15.7. The maximum atomic E-state index is 5.30. The standard InChI is InChI=1S/C8H18GeO4/c1-5-10-7(3)12-9-13-8(4)11-6-2/h7-8H,5-6H2,1-4H3. The molecule has 0 aromatic carbocycles. The van der Waals surface area contributed by atoms with E-state index in [0.717, 1.165) is 0 Å². The molecule has 0 amide bonds. The van der Waals surface area contributed by atoms with Crippen LogP contribution in [0.2, 0.25) is 0 Å². The van der Waals surface area contributed by atoms with E-state index in [-0.39, 0.29) is 12.6 Å². The predicted molar refractivity (Wildman–Crippen MR) is 50.1 cm³/mol. The Balaban J connectivity index is 3.23. The van der Waals surface area contributed by atoms with Gasteiger partial charge in [-0.3, -0.25) is 0 Å². The molecule has 0 saturated heterocycles. The Morgan fingerprint density at radius 1 is 0.923 bits per heavy atom. The van der Waals surface area contributed by atoms with E-state index in [0.29, 0.717) is 13.2 Å². The zero-order valence-electron chi connectivity index (χ0n) is 8.70. The first-order valence-electron chi connectivity index (χ1n) is 4.50. The molecule has 2 unspecified atom stereocenters. The van der Waals surface area contributed by atoms with Crippen molar-refractivity contribution in [2.45, 2.75) is 40.3 Å². The van der Waals surface area contributed by atoms with Crippen molar-refractivity contribution in [2.24, 2.45) is 0 Å². The average molecular weight is 251 g/mol. The van der Waals surface area contributed by atoms with E-state index in [2.05, 4.69) is 0 Å². The van der Waals surface area contributed by atoms with Crippen molar-refractivity contribution in [1.82, 2.24) is 0 Å². The second-order valence-corrected chi connectivity index (χ2v) is 3.70. The van der Waals surface area contributed by atoms with Crippen molar-refractivity contribution in [2.75, 3.05) is 13.2 Å². The summed E-state index contributed by atoms with van der Waals surface area (Å²) in [6, 6.07) is 0. The zero-order valence-corrected chi connectivity index (χ0v) is 10.8. The third kappa shape index (κ3) is 8.71. The van der Waals surface area contributed by atoms with Gasteiger partial charge in [-0.25, -0.2) is 0 Å². The van der Waals surface area contributed by atoms with Crippen LogP contribution in [0.25, 0.3) is 0 Å². The van der Waals surface area contributed by atoms with Gasteiger partial charge in [-0.15, -0.1) is 0 Å². The van der Waals surface area contributed by atoms with Gasteiger partial charge in [0.15, 0.2) is 0 Å². The molecule has 0 aliphatic rings. The van der Waals surface area contributed by atoms with E-state index < -0.39 is 16.1 Å². The van der Waals surface area contributed by atoms with Crippen LogP contribution in [-0.4, -0.2) is 41.9 Å². The van der Waals surface area contributed by atoms with E-state index in [9.17, 15) is 0 Å². The summed E-state index contributed by atoms with van der Waals surface area (Å²) in [5, 5.41) is 0. The Morgan fingerprint density at radius 2 is 1.31 bits per heavy atom. The van der Waals surface area contributed by atoms with Crippen molar-refractivity contribution in [1.29, 1.82) is 0 Å². The first-order chi connectivity index (χ1) is 6.20. The van der Waals surface area contributed by atoms with Crippen LogP contribution in [0.15, 0.2) is 0 Å². The summed E-state index contributed by atoms with van der Waals surface area (Å²) in [5.41, 5.74) is 0. The molecule has 0 saturated carbocycles. The molecule has 0 spiro atoms. The van der Waals surface area contributed by atoms with Crippen molar-refractivity contribution < 1.29 is 17.0 Å². The molecule has 13 heavy (non-hydrogen) atoms. The fourth-order valence-electron chi connectivity index (χ4n) is 0.701. The molecule has 78 valence electrons. The molecule has 5 heteroatoms. The van der Waals surface area contributed by atoms with Gasteiger partial charge in [-0.1, -0.05) is 0 Å². The third-order valence-corrected chi connectivity index (χ3v) is 3.03. The van der Waals surface area contributed by atoms with Crippen LogP contribution >= 0.6 is 0 Å². The van der Waals surface area contributed by atoms with E-state index >= 15 is 0 Å². The van der Waals surface area contributed by atoms with E-state index in [1.807, 2.05) is 27.7 Å². The summed E-state index contributed by atoms with van der Waals surface area (Å²) in [6.45, 7) is 8.92. The van der Waals surface area contributed by atoms with Crippen LogP contribution in [0.3, 0.4) is 0 Å². The second kappa shape index (κ2) is 8.96. The number of rotatable bonds is 8. The van der Waals surface area contributed by atoms with Gasteiger partial charge in [-0.2, -0.15) is 0 Å². The molecule has 4 nitrogen and oxygen atoms in total. The molecular formula is C8H18GeO4. The summed E-state index contributed by atoms with van der Waals surface area (Å²) in [5.74, 6) is 0. The molecule has 0 aliphatic heterocycles. The first kappa shape index (κ1) is 13.4. The van der Waals surface area contributed by atoms with Crippen molar-refractivity contribution >= 4 is 16.1 Å². The van der Waals surface area contributed by atoms with Crippen LogP contribution in [0.5, 0.6) is 0 Å². The fourth-order valence-corrected chi connectivity index (χ4v) is 1.67. The molecule has 0 rings (SSSR count). The number of hydrogen-bond donors (Lipinski definition) is 0. The maximum absolute atomic E-state index is 5.30. The van der Waals surface area contributed by atoms with Gasteiger partial charge in [0.05, 0.1) is 0 Å². The van der Waals surface area contributed by atoms with Crippen LogP contribution in [-0.2, 0) is 17.0 Å². The Bertz CT molecular complexity index is 100. The summed E-state index contributed by atoms with van der Waals surface area (Å²) in [4.78, 5) is 0. The first-order valence-corrected chi connectivity index (χ1v) is 6.21. The minimum atomic E-state index is -0.857. The van der Waals surface area contributed by atoms with Crippen molar-refractivity contribution in [3.05, 3.63) is 0 Å². The molecule has 0 heterocycles. The van der Waals surface area contributed by atoms with E-state index in [4.69, 9.17) is 17.0 Å². The second-order valence-electron chi connectivity index (χ2n) is 2.36. The Kier molecular flexibility index (Phi) is 9.22. The summed E-state index contributed by atoms with van der Waals surface area (Å²) < 4.78 is 20.9.